The van der Waals surface area contributed by atoms with Crippen molar-refractivity contribution in [2.45, 2.75) is 20.1 Å². The maximum atomic E-state index is 6.61. The highest BCUT2D eigenvalue weighted by molar-refractivity contribution is 7.71. The van der Waals surface area contributed by atoms with Gasteiger partial charge in [0.1, 0.15) is 12.4 Å². The molecule has 0 aliphatic heterocycles. The minimum absolute atomic E-state index is 0.141. The van der Waals surface area contributed by atoms with E-state index in [0.717, 1.165) is 11.1 Å². The second-order valence-electron chi connectivity index (χ2n) is 7.55. The van der Waals surface area contributed by atoms with Crippen molar-refractivity contribution < 1.29 is 14.2 Å². The summed E-state index contributed by atoms with van der Waals surface area (Å²) in [5, 5.41) is 8.60. The lowest BCUT2D eigenvalue weighted by molar-refractivity contribution is 0.269. The quantitative estimate of drug-likeness (QED) is 0.197. The molecule has 0 fully saturated rings. The normalized spacial score (nSPS) is 10.8. The van der Waals surface area contributed by atoms with E-state index in [9.17, 15) is 0 Å². The maximum Gasteiger partial charge on any atom is 0.214 e. The van der Waals surface area contributed by atoms with Gasteiger partial charge in [-0.2, -0.15) is 5.10 Å². The molecule has 0 amide bonds. The molecule has 0 radical (unpaired) electrons. The molecule has 3 aromatic carbocycles. The number of aromatic amines is 1. The largest absolute Gasteiger partial charge is 0.496 e. The lowest BCUT2D eigenvalue weighted by Gasteiger charge is -2.17. The van der Waals surface area contributed by atoms with Gasteiger partial charge in [0.05, 0.1) is 30.8 Å². The summed E-state index contributed by atoms with van der Waals surface area (Å²) in [5.74, 6) is 2.18. The fraction of sp³-hybridized carbons (Fsp3) is 0.200. The summed E-state index contributed by atoms with van der Waals surface area (Å²) >= 11 is 24.6. The lowest BCUT2D eigenvalue weighted by atomic mass is 10.2. The molecule has 0 aliphatic rings. The topological polar surface area (TPSA) is 73.3 Å². The highest BCUT2D eigenvalue weighted by Crippen LogP contribution is 2.38. The van der Waals surface area contributed by atoms with Crippen molar-refractivity contribution in [2.75, 3.05) is 19.1 Å². The number of H-pyrrole nitrogens is 1. The monoisotopic (exact) mass is 564 g/mol. The standard InChI is InChI=1S/C25H23Cl3N4O3S/c1-3-34-22-12-15(11-20(28)23(22)35-14-17-18(26)8-6-9-19(17)27)13-29-32-24(30-31-25(32)36)16-7-4-5-10-21(16)33-2/h4-12,29H,3,13-14H2,1-2H3,(H,31,36). The first-order chi connectivity index (χ1) is 17.4. The summed E-state index contributed by atoms with van der Waals surface area (Å²) in [7, 11) is 1.61. The Morgan fingerprint density at radius 3 is 2.44 bits per heavy atom. The molecular weight excluding hydrogens is 543 g/mol. The van der Waals surface area contributed by atoms with Crippen molar-refractivity contribution >= 4 is 47.0 Å². The molecule has 36 heavy (non-hydrogen) atoms. The molecule has 188 valence electrons. The zero-order valence-electron chi connectivity index (χ0n) is 19.5. The number of nitrogens with zero attached hydrogens (tertiary/aromatic N) is 2. The van der Waals surface area contributed by atoms with Crippen LogP contribution in [0.25, 0.3) is 11.4 Å². The van der Waals surface area contributed by atoms with E-state index in [2.05, 4.69) is 15.6 Å². The number of rotatable bonds is 10. The number of hydrogen-bond donors (Lipinski definition) is 2. The van der Waals surface area contributed by atoms with Gasteiger partial charge in [-0.1, -0.05) is 53.0 Å². The van der Waals surface area contributed by atoms with Crippen molar-refractivity contribution in [3.05, 3.63) is 85.6 Å². The summed E-state index contributed by atoms with van der Waals surface area (Å²) in [6.07, 6.45) is 0. The third kappa shape index (κ3) is 5.73. The molecule has 11 heteroatoms. The number of para-hydroxylation sites is 1. The van der Waals surface area contributed by atoms with E-state index >= 15 is 0 Å². The van der Waals surface area contributed by atoms with E-state index in [1.165, 1.54) is 0 Å². The van der Waals surface area contributed by atoms with Crippen LogP contribution in [0.1, 0.15) is 18.1 Å². The van der Waals surface area contributed by atoms with E-state index in [4.69, 9.17) is 61.2 Å². The van der Waals surface area contributed by atoms with Crippen LogP contribution in [-0.4, -0.2) is 28.6 Å². The number of halogens is 3. The predicted molar refractivity (Wildman–Crippen MR) is 146 cm³/mol. The van der Waals surface area contributed by atoms with Gasteiger partial charge < -0.3 is 19.6 Å². The van der Waals surface area contributed by atoms with E-state index in [1.54, 1.807) is 36.1 Å². The average molecular weight is 566 g/mol. The molecule has 0 spiro atoms. The average Bonchev–Trinajstić information content (AvgIpc) is 3.23. The Hall–Kier alpha value is -2.91. The Morgan fingerprint density at radius 1 is 0.972 bits per heavy atom. The number of hydrogen-bond acceptors (Lipinski definition) is 6. The van der Waals surface area contributed by atoms with Crippen LogP contribution in [0.5, 0.6) is 17.2 Å². The summed E-state index contributed by atoms with van der Waals surface area (Å²) < 4.78 is 19.4. The summed E-state index contributed by atoms with van der Waals surface area (Å²) in [6.45, 7) is 2.84. The molecule has 0 saturated carbocycles. The van der Waals surface area contributed by atoms with Gasteiger partial charge in [0.25, 0.3) is 0 Å². The molecule has 0 bridgehead atoms. The van der Waals surface area contributed by atoms with Gasteiger partial charge in [-0.3, -0.25) is 0 Å². The van der Waals surface area contributed by atoms with Crippen molar-refractivity contribution in [1.29, 1.82) is 0 Å². The first-order valence-corrected chi connectivity index (χ1v) is 12.5. The van der Waals surface area contributed by atoms with Crippen molar-refractivity contribution in [2.24, 2.45) is 0 Å². The zero-order valence-corrected chi connectivity index (χ0v) is 22.6. The summed E-state index contributed by atoms with van der Waals surface area (Å²) in [4.78, 5) is 0. The third-order valence-corrected chi connectivity index (χ3v) is 6.52. The second kappa shape index (κ2) is 11.9. The minimum Gasteiger partial charge on any atom is -0.496 e. The minimum atomic E-state index is 0.141. The van der Waals surface area contributed by atoms with Gasteiger partial charge >= 0.3 is 0 Å². The molecule has 1 aromatic heterocycles. The van der Waals surface area contributed by atoms with Gasteiger partial charge in [0.15, 0.2) is 17.3 Å². The predicted octanol–water partition coefficient (Wildman–Crippen LogP) is 7.30. The Balaban J connectivity index is 1.57. The second-order valence-corrected chi connectivity index (χ2v) is 9.16. The molecule has 4 aromatic rings. The van der Waals surface area contributed by atoms with Crippen LogP contribution in [0.15, 0.2) is 54.6 Å². The van der Waals surface area contributed by atoms with Crippen LogP contribution in [-0.2, 0) is 13.2 Å². The van der Waals surface area contributed by atoms with Crippen molar-refractivity contribution in [3.63, 3.8) is 0 Å². The van der Waals surface area contributed by atoms with Crippen LogP contribution >= 0.6 is 47.0 Å². The van der Waals surface area contributed by atoms with Crippen LogP contribution in [0.4, 0.5) is 0 Å². The zero-order chi connectivity index (χ0) is 25.7. The Bertz CT molecular complexity index is 1400. The van der Waals surface area contributed by atoms with E-state index < -0.39 is 0 Å². The highest BCUT2D eigenvalue weighted by Gasteiger charge is 2.17. The molecule has 2 N–H and O–H groups in total. The number of aromatic nitrogens is 3. The first-order valence-electron chi connectivity index (χ1n) is 11.0. The molecular formula is C25H23Cl3N4O3S. The van der Waals surface area contributed by atoms with Crippen LogP contribution in [0.3, 0.4) is 0 Å². The molecule has 0 atom stereocenters. The molecule has 7 nitrogen and oxygen atoms in total. The number of benzene rings is 3. The Kier molecular flexibility index (Phi) is 8.64. The van der Waals surface area contributed by atoms with Crippen LogP contribution in [0, 0.1) is 4.77 Å². The Morgan fingerprint density at radius 2 is 1.72 bits per heavy atom. The van der Waals surface area contributed by atoms with Crippen molar-refractivity contribution in [3.8, 4) is 28.6 Å². The van der Waals surface area contributed by atoms with Gasteiger partial charge in [-0.25, -0.2) is 9.77 Å². The van der Waals surface area contributed by atoms with Gasteiger partial charge in [0, 0.05) is 15.6 Å². The fourth-order valence-corrected chi connectivity index (χ4v) is 4.56. The number of nitrogens with one attached hydrogen (secondary N) is 2. The van der Waals surface area contributed by atoms with Gasteiger partial charge in [-0.05, 0) is 61.1 Å². The lowest BCUT2D eigenvalue weighted by Crippen LogP contribution is -2.16. The van der Waals surface area contributed by atoms with E-state index in [-0.39, 0.29) is 6.61 Å². The third-order valence-electron chi connectivity index (χ3n) is 5.25. The van der Waals surface area contributed by atoms with Crippen LogP contribution < -0.4 is 19.6 Å². The number of methoxy groups -OCH3 is 1. The number of ether oxygens (including phenoxy) is 3. The molecule has 0 unspecified atom stereocenters. The molecule has 0 aliphatic carbocycles. The van der Waals surface area contributed by atoms with E-state index in [1.807, 2.05) is 37.3 Å². The fourth-order valence-electron chi connectivity index (χ4n) is 3.57. The highest BCUT2D eigenvalue weighted by atomic mass is 35.5. The SMILES string of the molecule is CCOc1cc(CNn2c(-c3ccccc3OC)n[nH]c2=S)cc(Cl)c1OCc1c(Cl)cccc1Cl. The molecule has 4 rings (SSSR count). The van der Waals surface area contributed by atoms with Crippen molar-refractivity contribution in [1.82, 2.24) is 14.9 Å². The summed E-state index contributed by atoms with van der Waals surface area (Å²) in [6, 6.07) is 16.5. The summed E-state index contributed by atoms with van der Waals surface area (Å²) in [5.41, 5.74) is 5.59. The van der Waals surface area contributed by atoms with E-state index in [0.29, 0.717) is 61.6 Å². The smallest absolute Gasteiger partial charge is 0.214 e. The molecule has 0 saturated heterocycles. The Labute approximate surface area is 228 Å². The van der Waals surface area contributed by atoms with Gasteiger partial charge in [0.2, 0.25) is 4.77 Å². The molecule has 1 heterocycles. The van der Waals surface area contributed by atoms with Crippen LogP contribution in [0.2, 0.25) is 15.1 Å². The van der Waals surface area contributed by atoms with Gasteiger partial charge in [-0.15, -0.1) is 0 Å². The first kappa shape index (κ1) is 26.2. The maximum absolute atomic E-state index is 6.61.